The van der Waals surface area contributed by atoms with Crippen molar-refractivity contribution in [1.82, 2.24) is 9.97 Å². The molecule has 0 aliphatic carbocycles. The van der Waals surface area contributed by atoms with Crippen LogP contribution in [0.5, 0.6) is 0 Å². The monoisotopic (exact) mass is 192 g/mol. The lowest BCUT2D eigenvalue weighted by molar-refractivity contribution is 0.593. The smallest absolute Gasteiger partial charge is 0.299 e. The van der Waals surface area contributed by atoms with Crippen LogP contribution >= 0.6 is 0 Å². The molecule has 0 saturated heterocycles. The lowest BCUT2D eigenvalue weighted by Gasteiger charge is -2.03. The summed E-state index contributed by atoms with van der Waals surface area (Å²) in [6.07, 6.45) is 1.69. The molecule has 0 unspecified atom stereocenters. The van der Waals surface area contributed by atoms with E-state index in [1.54, 1.807) is 11.1 Å². The quantitative estimate of drug-likeness (QED) is 0.760. The van der Waals surface area contributed by atoms with Gasteiger partial charge in [-0.1, -0.05) is 0 Å². The average molecular weight is 192 g/mol. The number of oxazole rings is 1. The number of aromatic nitrogens is 2. The van der Waals surface area contributed by atoms with E-state index in [0.717, 1.165) is 5.56 Å². The summed E-state index contributed by atoms with van der Waals surface area (Å²) in [7, 11) is 3.74. The molecule has 0 atom stereocenters. The van der Waals surface area contributed by atoms with Crippen molar-refractivity contribution in [3.63, 3.8) is 0 Å². The van der Waals surface area contributed by atoms with Crippen molar-refractivity contribution in [3.8, 4) is 0 Å². The Balaban J connectivity index is 2.64. The molecule has 0 spiro atoms. The highest BCUT2D eigenvalue weighted by molar-refractivity contribution is 5.73. The van der Waals surface area contributed by atoms with Gasteiger partial charge in [0, 0.05) is 32.4 Å². The zero-order valence-corrected chi connectivity index (χ0v) is 8.19. The molecule has 2 heterocycles. The zero-order valence-electron chi connectivity index (χ0n) is 8.19. The Hall–Kier alpha value is -1.62. The van der Waals surface area contributed by atoms with E-state index in [1.165, 1.54) is 0 Å². The first-order chi connectivity index (χ1) is 6.72. The van der Waals surface area contributed by atoms with Crippen molar-refractivity contribution in [3.05, 3.63) is 17.8 Å². The Morgan fingerprint density at radius 2 is 2.29 bits per heavy atom. The lowest BCUT2D eigenvalue weighted by Crippen LogP contribution is -2.08. The summed E-state index contributed by atoms with van der Waals surface area (Å²) in [5.74, 6) is 0. The molecule has 2 aromatic heterocycles. The molecule has 0 saturated carbocycles. The number of rotatable bonds is 2. The summed E-state index contributed by atoms with van der Waals surface area (Å²) in [4.78, 5) is 10.1. The van der Waals surface area contributed by atoms with Crippen LogP contribution in [0.3, 0.4) is 0 Å². The minimum Gasteiger partial charge on any atom is -0.421 e. The molecule has 5 heteroatoms. The number of anilines is 1. The van der Waals surface area contributed by atoms with Crippen molar-refractivity contribution < 1.29 is 4.42 Å². The van der Waals surface area contributed by atoms with Crippen LogP contribution in [0.2, 0.25) is 0 Å². The van der Waals surface area contributed by atoms with E-state index in [2.05, 4.69) is 9.97 Å². The molecule has 74 valence electrons. The summed E-state index contributed by atoms with van der Waals surface area (Å²) in [6.45, 7) is 0.432. The molecule has 0 aliphatic heterocycles. The maximum Gasteiger partial charge on any atom is 0.299 e. The molecule has 2 aromatic rings. The van der Waals surface area contributed by atoms with Crippen molar-refractivity contribution >= 4 is 17.2 Å². The van der Waals surface area contributed by atoms with Gasteiger partial charge in [-0.2, -0.15) is 4.98 Å². The van der Waals surface area contributed by atoms with Gasteiger partial charge in [-0.3, -0.25) is 0 Å². The Morgan fingerprint density at radius 3 is 2.93 bits per heavy atom. The Bertz CT molecular complexity index is 449. The Kier molecular flexibility index (Phi) is 2.09. The molecule has 2 rings (SSSR count). The second-order valence-electron chi connectivity index (χ2n) is 3.22. The van der Waals surface area contributed by atoms with E-state index >= 15 is 0 Å². The first-order valence-corrected chi connectivity index (χ1v) is 4.34. The third-order valence-corrected chi connectivity index (χ3v) is 1.96. The molecule has 0 aliphatic rings. The second kappa shape index (κ2) is 3.26. The minimum atomic E-state index is 0.432. The van der Waals surface area contributed by atoms with Gasteiger partial charge in [-0.15, -0.1) is 0 Å². The zero-order chi connectivity index (χ0) is 10.1. The number of hydrogen-bond donors (Lipinski definition) is 1. The molecule has 0 aromatic carbocycles. The van der Waals surface area contributed by atoms with Crippen LogP contribution in [0, 0.1) is 0 Å². The maximum absolute atomic E-state index is 5.57. The minimum absolute atomic E-state index is 0.432. The first kappa shape index (κ1) is 8.96. The van der Waals surface area contributed by atoms with E-state index in [1.807, 2.05) is 20.2 Å². The average Bonchev–Trinajstić information content (AvgIpc) is 2.60. The van der Waals surface area contributed by atoms with Gasteiger partial charge in [0.2, 0.25) is 5.65 Å². The van der Waals surface area contributed by atoms with Gasteiger partial charge in [0.15, 0.2) is 5.58 Å². The van der Waals surface area contributed by atoms with Gasteiger partial charge in [-0.05, 0) is 6.07 Å². The van der Waals surface area contributed by atoms with Gasteiger partial charge in [-0.25, -0.2) is 4.98 Å². The molecule has 14 heavy (non-hydrogen) atoms. The van der Waals surface area contributed by atoms with Gasteiger partial charge >= 0.3 is 0 Å². The normalized spacial score (nSPS) is 10.8. The highest BCUT2D eigenvalue weighted by Crippen LogP contribution is 2.21. The summed E-state index contributed by atoms with van der Waals surface area (Å²) in [5, 5.41) is 0. The number of hydrogen-bond acceptors (Lipinski definition) is 5. The molecule has 0 fully saturated rings. The van der Waals surface area contributed by atoms with E-state index in [4.69, 9.17) is 10.2 Å². The standard InChI is InChI=1S/C9H12N4O/c1-13(2)9-12-8-7(14-9)6(5-10)3-4-11-8/h3-4H,5,10H2,1-2H3. The van der Waals surface area contributed by atoms with Crippen LogP contribution in [0.15, 0.2) is 16.7 Å². The topological polar surface area (TPSA) is 68.2 Å². The van der Waals surface area contributed by atoms with E-state index in [0.29, 0.717) is 23.8 Å². The maximum atomic E-state index is 5.57. The summed E-state index contributed by atoms with van der Waals surface area (Å²) in [6, 6.07) is 2.39. The van der Waals surface area contributed by atoms with Gasteiger partial charge in [0.25, 0.3) is 6.01 Å². The molecule has 0 amide bonds. The van der Waals surface area contributed by atoms with E-state index in [-0.39, 0.29) is 0 Å². The van der Waals surface area contributed by atoms with Crippen LogP contribution in [0.4, 0.5) is 6.01 Å². The predicted molar refractivity (Wildman–Crippen MR) is 54.0 cm³/mol. The van der Waals surface area contributed by atoms with Crippen LogP contribution < -0.4 is 10.6 Å². The third kappa shape index (κ3) is 1.31. The van der Waals surface area contributed by atoms with Gasteiger partial charge < -0.3 is 15.1 Å². The third-order valence-electron chi connectivity index (χ3n) is 1.96. The van der Waals surface area contributed by atoms with Crippen molar-refractivity contribution in [2.24, 2.45) is 5.73 Å². The number of nitrogens with zero attached hydrogens (tertiary/aromatic N) is 3. The summed E-state index contributed by atoms with van der Waals surface area (Å²) in [5.41, 5.74) is 7.79. The van der Waals surface area contributed by atoms with Crippen LogP contribution in [-0.2, 0) is 6.54 Å². The molecule has 2 N–H and O–H groups in total. The van der Waals surface area contributed by atoms with Gasteiger partial charge in [0.1, 0.15) is 0 Å². The molecular formula is C9H12N4O. The largest absolute Gasteiger partial charge is 0.421 e. The van der Waals surface area contributed by atoms with Crippen LogP contribution in [-0.4, -0.2) is 24.1 Å². The fourth-order valence-corrected chi connectivity index (χ4v) is 1.22. The number of nitrogens with two attached hydrogens (primary N) is 1. The number of fused-ring (bicyclic) bond motifs is 1. The fraction of sp³-hybridized carbons (Fsp3) is 0.333. The van der Waals surface area contributed by atoms with Crippen molar-refractivity contribution in [1.29, 1.82) is 0 Å². The van der Waals surface area contributed by atoms with E-state index < -0.39 is 0 Å². The SMILES string of the molecule is CN(C)c1nc2nccc(CN)c2o1. The van der Waals surface area contributed by atoms with Crippen LogP contribution in [0.25, 0.3) is 11.2 Å². The van der Waals surface area contributed by atoms with Crippen LogP contribution in [0.1, 0.15) is 5.56 Å². The Morgan fingerprint density at radius 1 is 1.50 bits per heavy atom. The summed E-state index contributed by atoms with van der Waals surface area (Å²) < 4.78 is 5.52. The molecule has 0 bridgehead atoms. The van der Waals surface area contributed by atoms with Crippen molar-refractivity contribution in [2.45, 2.75) is 6.54 Å². The lowest BCUT2D eigenvalue weighted by atomic mass is 10.2. The first-order valence-electron chi connectivity index (χ1n) is 4.34. The Labute approximate surface area is 81.5 Å². The second-order valence-corrected chi connectivity index (χ2v) is 3.22. The predicted octanol–water partition coefficient (Wildman–Crippen LogP) is 0.747. The summed E-state index contributed by atoms with van der Waals surface area (Å²) >= 11 is 0. The molecular weight excluding hydrogens is 180 g/mol. The van der Waals surface area contributed by atoms with E-state index in [9.17, 15) is 0 Å². The molecule has 5 nitrogen and oxygen atoms in total. The highest BCUT2D eigenvalue weighted by Gasteiger charge is 2.10. The fourth-order valence-electron chi connectivity index (χ4n) is 1.22. The van der Waals surface area contributed by atoms with Gasteiger partial charge in [0.05, 0.1) is 0 Å². The highest BCUT2D eigenvalue weighted by atomic mass is 16.4. The molecule has 0 radical (unpaired) electrons. The van der Waals surface area contributed by atoms with Crippen molar-refractivity contribution in [2.75, 3.05) is 19.0 Å². The number of pyridine rings is 1.